The molecule has 0 bridgehead atoms. The van der Waals surface area contributed by atoms with Gasteiger partial charge in [-0.05, 0) is 30.4 Å². The van der Waals surface area contributed by atoms with Crippen molar-refractivity contribution in [2.75, 3.05) is 5.32 Å². The van der Waals surface area contributed by atoms with Crippen LogP contribution in [0, 0.1) is 20.2 Å². The Morgan fingerprint density at radius 2 is 1.83 bits per heavy atom. The first-order valence-electron chi connectivity index (χ1n) is 8.12. The first kappa shape index (κ1) is 20.3. The van der Waals surface area contributed by atoms with Gasteiger partial charge in [0.15, 0.2) is 10.9 Å². The molecule has 1 aromatic heterocycles. The molecule has 0 unspecified atom stereocenters. The van der Waals surface area contributed by atoms with Crippen LogP contribution in [0.3, 0.4) is 0 Å². The lowest BCUT2D eigenvalue weighted by molar-refractivity contribution is -0.393. The van der Waals surface area contributed by atoms with Gasteiger partial charge in [0.25, 0.3) is 17.3 Å². The summed E-state index contributed by atoms with van der Waals surface area (Å²) in [5.74, 6) is -1.05. The zero-order valence-corrected chi connectivity index (χ0v) is 15.7. The average Bonchev–Trinajstić information content (AvgIpc) is 2.71. The normalized spacial score (nSPS) is 11.1. The molecule has 30 heavy (non-hydrogen) atoms. The molecule has 3 rings (SSSR count). The van der Waals surface area contributed by atoms with E-state index in [1.807, 2.05) is 0 Å². The summed E-state index contributed by atoms with van der Waals surface area (Å²) in [4.78, 5) is 33.2. The first-order valence-corrected chi connectivity index (χ1v) is 8.53. The fraction of sp³-hybridized carbons (Fsp3) is 0. The van der Waals surface area contributed by atoms with Crippen molar-refractivity contribution in [3.8, 4) is 0 Å². The third-order valence-corrected chi connectivity index (χ3v) is 3.89. The van der Waals surface area contributed by atoms with Gasteiger partial charge in [-0.15, -0.1) is 0 Å². The molecule has 0 aliphatic carbocycles. The second kappa shape index (κ2) is 8.32. The summed E-state index contributed by atoms with van der Waals surface area (Å²) >= 11 is 4.71. The summed E-state index contributed by atoms with van der Waals surface area (Å²) in [7, 11) is 0. The van der Waals surface area contributed by atoms with Crippen LogP contribution in [0.1, 0.15) is 10.6 Å². The highest BCUT2D eigenvalue weighted by Gasteiger charge is 2.22. The van der Waals surface area contributed by atoms with Gasteiger partial charge in [0.05, 0.1) is 21.3 Å². The molecule has 3 aromatic rings. The van der Waals surface area contributed by atoms with Crippen molar-refractivity contribution in [2.45, 2.75) is 0 Å². The largest absolute Gasteiger partial charge is 0.451 e. The van der Waals surface area contributed by atoms with Crippen LogP contribution in [0.2, 0.25) is 0 Å². The van der Waals surface area contributed by atoms with Gasteiger partial charge in [0, 0.05) is 17.5 Å². The van der Waals surface area contributed by atoms with Gasteiger partial charge >= 0.3 is 0 Å². The zero-order chi connectivity index (χ0) is 21.8. The van der Waals surface area contributed by atoms with Crippen LogP contribution < -0.4 is 21.8 Å². The second-order valence-corrected chi connectivity index (χ2v) is 6.19. The molecule has 13 heteroatoms. The number of carbonyl (C=O) groups excluding carboxylic acids is 1. The van der Waals surface area contributed by atoms with Crippen LogP contribution in [0.25, 0.3) is 11.0 Å². The predicted octanol–water partition coefficient (Wildman–Crippen LogP) is 2.15. The lowest BCUT2D eigenvalue weighted by atomic mass is 10.2. The minimum atomic E-state index is -0.840. The Kier molecular flexibility index (Phi) is 5.64. The number of nitro groups is 2. The van der Waals surface area contributed by atoms with Gasteiger partial charge < -0.3 is 15.5 Å². The highest BCUT2D eigenvalue weighted by atomic mass is 32.1. The Morgan fingerprint density at radius 3 is 2.50 bits per heavy atom. The van der Waals surface area contributed by atoms with Crippen LogP contribution in [0.5, 0.6) is 0 Å². The van der Waals surface area contributed by atoms with E-state index in [4.69, 9.17) is 22.4 Å². The minimum Gasteiger partial charge on any atom is -0.451 e. The summed E-state index contributed by atoms with van der Waals surface area (Å²) in [5.41, 5.74) is 6.74. The van der Waals surface area contributed by atoms with E-state index >= 15 is 0 Å². The van der Waals surface area contributed by atoms with E-state index in [0.717, 1.165) is 18.2 Å². The number of non-ortho nitro benzene ring substituents is 1. The van der Waals surface area contributed by atoms with Gasteiger partial charge in [0.2, 0.25) is 0 Å². The van der Waals surface area contributed by atoms with E-state index in [1.54, 1.807) is 24.3 Å². The van der Waals surface area contributed by atoms with Crippen molar-refractivity contribution in [1.82, 2.24) is 5.43 Å². The van der Waals surface area contributed by atoms with Gasteiger partial charge in [-0.1, -0.05) is 12.1 Å². The van der Waals surface area contributed by atoms with Crippen LogP contribution in [0.15, 0.2) is 58.0 Å². The third kappa shape index (κ3) is 4.36. The maximum Gasteiger partial charge on any atom is 0.299 e. The molecule has 12 nitrogen and oxygen atoms in total. The predicted molar refractivity (Wildman–Crippen MR) is 109 cm³/mol. The molecule has 152 valence electrons. The summed E-state index contributed by atoms with van der Waals surface area (Å²) in [5, 5.41) is 29.2. The van der Waals surface area contributed by atoms with E-state index < -0.39 is 27.1 Å². The SMILES string of the molecule is NC(=S)N/N=c1\cc(C(=O)Nc2ccc([N+](=O)[O-])cc2[N+](=O)[O-])oc2ccccc12. The van der Waals surface area contributed by atoms with Crippen LogP contribution >= 0.6 is 12.2 Å². The number of fused-ring (bicyclic) bond motifs is 1. The number of nitrogens with zero attached hydrogens (tertiary/aromatic N) is 3. The van der Waals surface area contributed by atoms with E-state index in [2.05, 4.69) is 15.8 Å². The monoisotopic (exact) mass is 428 g/mol. The van der Waals surface area contributed by atoms with E-state index in [0.29, 0.717) is 11.0 Å². The number of hydrogen-bond donors (Lipinski definition) is 3. The first-order chi connectivity index (χ1) is 14.3. The molecule has 0 saturated heterocycles. The molecule has 0 atom stereocenters. The molecule has 0 radical (unpaired) electrons. The topological polar surface area (TPSA) is 179 Å². The molecule has 1 heterocycles. The van der Waals surface area contributed by atoms with Crippen molar-refractivity contribution < 1.29 is 19.1 Å². The molecular formula is C17H12N6O6S. The number of benzene rings is 2. The molecule has 0 spiro atoms. The van der Waals surface area contributed by atoms with Crippen LogP contribution in [-0.2, 0) is 0 Å². The van der Waals surface area contributed by atoms with Gasteiger partial charge in [-0.25, -0.2) is 0 Å². The maximum absolute atomic E-state index is 12.7. The van der Waals surface area contributed by atoms with Crippen molar-refractivity contribution in [2.24, 2.45) is 10.8 Å². The van der Waals surface area contributed by atoms with Crippen LogP contribution in [0.4, 0.5) is 17.1 Å². The number of anilines is 1. The molecule has 0 aliphatic rings. The number of nitrogens with two attached hydrogens (primary N) is 1. The maximum atomic E-state index is 12.7. The van der Waals surface area contributed by atoms with Gasteiger partial charge in [-0.2, -0.15) is 5.10 Å². The summed E-state index contributed by atoms with van der Waals surface area (Å²) in [6.45, 7) is 0. The van der Waals surface area contributed by atoms with Crippen molar-refractivity contribution in [1.29, 1.82) is 0 Å². The number of hydrogen-bond acceptors (Lipinski definition) is 8. The van der Waals surface area contributed by atoms with Crippen molar-refractivity contribution in [3.63, 3.8) is 0 Å². The fourth-order valence-electron chi connectivity index (χ4n) is 2.51. The lowest BCUT2D eigenvalue weighted by Crippen LogP contribution is -2.27. The van der Waals surface area contributed by atoms with E-state index in [1.165, 1.54) is 6.07 Å². The van der Waals surface area contributed by atoms with Crippen molar-refractivity contribution in [3.05, 3.63) is 79.9 Å². The minimum absolute atomic E-state index is 0.0904. The molecular weight excluding hydrogens is 416 g/mol. The second-order valence-electron chi connectivity index (χ2n) is 5.75. The number of para-hydroxylation sites is 1. The molecule has 0 aliphatic heterocycles. The number of carbonyl (C=O) groups is 1. The standard InChI is InChI=1S/C17H12N6O6S/c18-17(30)21-20-12-8-15(29-14-4-2-1-3-10(12)14)16(24)19-11-6-5-9(22(25)26)7-13(11)23(27)28/h1-8H,(H,19,24)(H3,18,21,30)/b20-12+. The average molecular weight is 428 g/mol. The van der Waals surface area contributed by atoms with Gasteiger partial charge in [-0.3, -0.25) is 30.4 Å². The molecule has 0 saturated carbocycles. The summed E-state index contributed by atoms with van der Waals surface area (Å²) < 4.78 is 5.56. The third-order valence-electron chi connectivity index (χ3n) is 3.80. The molecule has 1 amide bonds. The zero-order valence-electron chi connectivity index (χ0n) is 14.9. The molecule has 0 fully saturated rings. The summed E-state index contributed by atoms with van der Waals surface area (Å²) in [6, 6.07) is 10.8. The molecule has 4 N–H and O–H groups in total. The quantitative estimate of drug-likeness (QED) is 0.312. The van der Waals surface area contributed by atoms with Crippen LogP contribution in [-0.4, -0.2) is 20.9 Å². The van der Waals surface area contributed by atoms with E-state index in [-0.39, 0.29) is 21.9 Å². The Hall–Kier alpha value is -4.39. The Bertz CT molecular complexity index is 1270. The number of nitro benzene ring substituents is 2. The Balaban J connectivity index is 2.04. The lowest BCUT2D eigenvalue weighted by Gasteiger charge is -2.07. The number of nitrogens with one attached hydrogen (secondary N) is 2. The van der Waals surface area contributed by atoms with E-state index in [9.17, 15) is 25.0 Å². The Labute approximate surface area is 172 Å². The smallest absolute Gasteiger partial charge is 0.299 e. The number of amides is 1. The van der Waals surface area contributed by atoms with Gasteiger partial charge in [0.1, 0.15) is 11.3 Å². The molecule has 2 aromatic carbocycles. The number of thiocarbonyl (C=S) groups is 1. The number of rotatable bonds is 5. The highest BCUT2D eigenvalue weighted by Crippen LogP contribution is 2.29. The van der Waals surface area contributed by atoms with Crippen molar-refractivity contribution >= 4 is 51.3 Å². The Morgan fingerprint density at radius 1 is 1.10 bits per heavy atom. The highest BCUT2D eigenvalue weighted by molar-refractivity contribution is 7.80. The summed E-state index contributed by atoms with van der Waals surface area (Å²) in [6.07, 6.45) is 0. The fourth-order valence-corrected chi connectivity index (χ4v) is 2.56.